The van der Waals surface area contributed by atoms with E-state index in [-0.39, 0.29) is 0 Å². The zero-order chi connectivity index (χ0) is 12.1. The van der Waals surface area contributed by atoms with Gasteiger partial charge in [-0.05, 0) is 18.2 Å². The average molecular weight is 231 g/mol. The minimum atomic E-state index is 0.831. The summed E-state index contributed by atoms with van der Waals surface area (Å²) in [6.45, 7) is 0.831. The highest BCUT2D eigenvalue weighted by molar-refractivity contribution is 5.44. The average Bonchev–Trinajstić information content (AvgIpc) is 2.75. The molecule has 5 heteroatoms. The summed E-state index contributed by atoms with van der Waals surface area (Å²) in [5.74, 6) is 1.75. The van der Waals surface area contributed by atoms with E-state index in [4.69, 9.17) is 0 Å². The van der Waals surface area contributed by atoms with Gasteiger partial charge in [0.1, 0.15) is 11.6 Å². The number of nitrogens with one attached hydrogen (secondary N) is 2. The molecule has 0 saturated carbocycles. The van der Waals surface area contributed by atoms with Gasteiger partial charge in [-0.2, -0.15) is 5.10 Å². The van der Waals surface area contributed by atoms with Crippen molar-refractivity contribution < 1.29 is 0 Å². The molecule has 0 aromatic carbocycles. The molecule has 2 aromatic rings. The molecule has 2 aromatic heterocycles. The van der Waals surface area contributed by atoms with Crippen molar-refractivity contribution in [2.24, 2.45) is 7.05 Å². The third-order valence-electron chi connectivity index (χ3n) is 2.46. The lowest BCUT2D eigenvalue weighted by Crippen LogP contribution is -2.07. The Hall–Kier alpha value is -2.04. The summed E-state index contributed by atoms with van der Waals surface area (Å²) in [4.78, 5) is 4.38. The minimum absolute atomic E-state index is 0.831. The molecule has 2 N–H and O–H groups in total. The standard InChI is InChI=1S/C12H17N5/c1-13-11-4-3-5-12(15-11)14-8-6-10-7-9-17(2)16-10/h3-5,7,9H,6,8H2,1-2H3,(H2,13,14,15). The van der Waals surface area contributed by atoms with E-state index in [0.29, 0.717) is 0 Å². The number of aromatic nitrogens is 3. The van der Waals surface area contributed by atoms with Crippen LogP contribution in [0, 0.1) is 0 Å². The molecular weight excluding hydrogens is 214 g/mol. The quantitative estimate of drug-likeness (QED) is 0.819. The Labute approximate surface area is 101 Å². The maximum atomic E-state index is 4.38. The Morgan fingerprint density at radius 2 is 2.06 bits per heavy atom. The predicted molar refractivity (Wildman–Crippen MR) is 69.2 cm³/mol. The second-order valence-electron chi connectivity index (χ2n) is 3.82. The van der Waals surface area contributed by atoms with Crippen LogP contribution in [0.25, 0.3) is 0 Å². The number of rotatable bonds is 5. The second kappa shape index (κ2) is 5.34. The van der Waals surface area contributed by atoms with Crippen LogP contribution in [0.5, 0.6) is 0 Å². The summed E-state index contributed by atoms with van der Waals surface area (Å²) in [7, 11) is 3.79. The summed E-state index contributed by atoms with van der Waals surface area (Å²) >= 11 is 0. The molecular formula is C12H17N5. The molecule has 2 heterocycles. The lowest BCUT2D eigenvalue weighted by atomic mass is 10.3. The first kappa shape index (κ1) is 11.4. The molecule has 0 unspecified atom stereocenters. The minimum Gasteiger partial charge on any atom is -0.373 e. The number of hydrogen-bond acceptors (Lipinski definition) is 4. The zero-order valence-electron chi connectivity index (χ0n) is 10.1. The fraction of sp³-hybridized carbons (Fsp3) is 0.333. The van der Waals surface area contributed by atoms with Crippen LogP contribution in [-0.2, 0) is 13.5 Å². The van der Waals surface area contributed by atoms with Gasteiger partial charge in [-0.3, -0.25) is 4.68 Å². The summed E-state index contributed by atoms with van der Waals surface area (Å²) in [6, 6.07) is 7.89. The molecule has 0 radical (unpaired) electrons. The van der Waals surface area contributed by atoms with Crippen LogP contribution in [0.1, 0.15) is 5.69 Å². The largest absolute Gasteiger partial charge is 0.373 e. The molecule has 5 nitrogen and oxygen atoms in total. The molecule has 0 aliphatic rings. The van der Waals surface area contributed by atoms with Gasteiger partial charge in [0.15, 0.2) is 0 Å². The van der Waals surface area contributed by atoms with E-state index in [1.807, 2.05) is 49.2 Å². The summed E-state index contributed by atoms with van der Waals surface area (Å²) in [6.07, 6.45) is 2.85. The van der Waals surface area contributed by atoms with E-state index in [1.54, 1.807) is 0 Å². The number of nitrogens with zero attached hydrogens (tertiary/aromatic N) is 3. The Morgan fingerprint density at radius 3 is 2.76 bits per heavy atom. The Bertz CT molecular complexity index is 477. The van der Waals surface area contributed by atoms with Crippen molar-refractivity contribution in [2.75, 3.05) is 24.2 Å². The number of pyridine rings is 1. The molecule has 0 atom stereocenters. The lowest BCUT2D eigenvalue weighted by molar-refractivity contribution is 0.742. The van der Waals surface area contributed by atoms with Crippen LogP contribution < -0.4 is 10.6 Å². The molecule has 0 saturated heterocycles. The van der Waals surface area contributed by atoms with Gasteiger partial charge in [0.25, 0.3) is 0 Å². The van der Waals surface area contributed by atoms with Crippen molar-refractivity contribution in [2.45, 2.75) is 6.42 Å². The van der Waals surface area contributed by atoms with E-state index in [9.17, 15) is 0 Å². The van der Waals surface area contributed by atoms with Gasteiger partial charge in [-0.25, -0.2) is 4.98 Å². The molecule has 2 rings (SSSR count). The zero-order valence-corrected chi connectivity index (χ0v) is 10.1. The van der Waals surface area contributed by atoms with E-state index in [2.05, 4.69) is 20.7 Å². The smallest absolute Gasteiger partial charge is 0.128 e. The molecule has 17 heavy (non-hydrogen) atoms. The van der Waals surface area contributed by atoms with E-state index in [0.717, 1.165) is 30.3 Å². The van der Waals surface area contributed by atoms with Crippen molar-refractivity contribution in [1.82, 2.24) is 14.8 Å². The van der Waals surface area contributed by atoms with Crippen molar-refractivity contribution >= 4 is 11.6 Å². The molecule has 90 valence electrons. The second-order valence-corrected chi connectivity index (χ2v) is 3.82. The van der Waals surface area contributed by atoms with Crippen LogP contribution in [0.4, 0.5) is 11.6 Å². The molecule has 0 aliphatic heterocycles. The maximum absolute atomic E-state index is 4.38. The number of anilines is 2. The van der Waals surface area contributed by atoms with Crippen molar-refractivity contribution in [1.29, 1.82) is 0 Å². The van der Waals surface area contributed by atoms with Gasteiger partial charge in [0, 0.05) is 33.3 Å². The highest BCUT2D eigenvalue weighted by Crippen LogP contribution is 2.08. The van der Waals surface area contributed by atoms with Gasteiger partial charge < -0.3 is 10.6 Å². The van der Waals surface area contributed by atoms with E-state index >= 15 is 0 Å². The van der Waals surface area contributed by atoms with Gasteiger partial charge in [0.05, 0.1) is 5.69 Å². The predicted octanol–water partition coefficient (Wildman–Crippen LogP) is 1.51. The molecule has 0 bridgehead atoms. The van der Waals surface area contributed by atoms with Gasteiger partial charge in [-0.1, -0.05) is 6.07 Å². The first-order valence-corrected chi connectivity index (χ1v) is 5.65. The fourth-order valence-corrected chi connectivity index (χ4v) is 1.59. The Balaban J connectivity index is 1.85. The molecule has 0 aliphatic carbocycles. The van der Waals surface area contributed by atoms with E-state index in [1.165, 1.54) is 0 Å². The molecule has 0 fully saturated rings. The van der Waals surface area contributed by atoms with Crippen LogP contribution >= 0.6 is 0 Å². The third-order valence-corrected chi connectivity index (χ3v) is 2.46. The monoisotopic (exact) mass is 231 g/mol. The molecule has 0 amide bonds. The highest BCUT2D eigenvalue weighted by atomic mass is 15.2. The van der Waals surface area contributed by atoms with Gasteiger partial charge in [-0.15, -0.1) is 0 Å². The Morgan fingerprint density at radius 1 is 1.24 bits per heavy atom. The number of hydrogen-bond donors (Lipinski definition) is 2. The van der Waals surface area contributed by atoms with Crippen LogP contribution in [0.15, 0.2) is 30.5 Å². The third kappa shape index (κ3) is 3.21. The molecule has 0 spiro atoms. The summed E-state index contributed by atoms with van der Waals surface area (Å²) < 4.78 is 1.81. The van der Waals surface area contributed by atoms with Crippen molar-refractivity contribution in [3.63, 3.8) is 0 Å². The van der Waals surface area contributed by atoms with Crippen LogP contribution in [-0.4, -0.2) is 28.4 Å². The van der Waals surface area contributed by atoms with Gasteiger partial charge >= 0.3 is 0 Å². The van der Waals surface area contributed by atoms with Crippen molar-refractivity contribution in [3.05, 3.63) is 36.2 Å². The summed E-state index contributed by atoms with van der Waals surface area (Å²) in [5, 5.41) is 10.6. The van der Waals surface area contributed by atoms with E-state index < -0.39 is 0 Å². The van der Waals surface area contributed by atoms with Crippen molar-refractivity contribution in [3.8, 4) is 0 Å². The van der Waals surface area contributed by atoms with Crippen LogP contribution in [0.3, 0.4) is 0 Å². The maximum Gasteiger partial charge on any atom is 0.128 e. The normalized spacial score (nSPS) is 10.2. The SMILES string of the molecule is CNc1cccc(NCCc2ccn(C)n2)n1. The van der Waals surface area contributed by atoms with Crippen LogP contribution in [0.2, 0.25) is 0 Å². The summed E-state index contributed by atoms with van der Waals surface area (Å²) in [5.41, 5.74) is 1.09. The first-order valence-electron chi connectivity index (χ1n) is 5.65. The first-order chi connectivity index (χ1) is 8.28. The fourth-order valence-electron chi connectivity index (χ4n) is 1.59. The number of aryl methyl sites for hydroxylation is 1. The lowest BCUT2D eigenvalue weighted by Gasteiger charge is -2.06. The topological polar surface area (TPSA) is 54.8 Å². The Kier molecular flexibility index (Phi) is 3.59. The highest BCUT2D eigenvalue weighted by Gasteiger charge is 1.98. The van der Waals surface area contributed by atoms with Gasteiger partial charge in [0.2, 0.25) is 0 Å².